The maximum Gasteiger partial charge on any atom is 0.225 e. The predicted molar refractivity (Wildman–Crippen MR) is 106 cm³/mol. The number of ether oxygens (including phenoxy) is 2. The molecule has 6 heteroatoms. The van der Waals surface area contributed by atoms with Crippen LogP contribution in [0.4, 0.5) is 0 Å². The van der Waals surface area contributed by atoms with Crippen LogP contribution in [0.25, 0.3) is 0 Å². The maximum atomic E-state index is 12.4. The molecule has 3 rings (SSSR count). The molecule has 1 aliphatic heterocycles. The molecule has 1 atom stereocenters. The van der Waals surface area contributed by atoms with E-state index in [0.717, 1.165) is 5.56 Å². The number of rotatable bonds is 8. The number of benzene rings is 2. The lowest BCUT2D eigenvalue weighted by Gasteiger charge is -2.17. The van der Waals surface area contributed by atoms with E-state index in [2.05, 4.69) is 5.32 Å². The number of amides is 2. The molecule has 1 aliphatic rings. The van der Waals surface area contributed by atoms with Gasteiger partial charge in [0.1, 0.15) is 6.61 Å². The van der Waals surface area contributed by atoms with Crippen molar-refractivity contribution in [2.75, 3.05) is 26.8 Å². The van der Waals surface area contributed by atoms with Crippen molar-refractivity contribution in [3.8, 4) is 11.5 Å². The Kier molecular flexibility index (Phi) is 6.53. The first-order valence-corrected chi connectivity index (χ1v) is 9.43. The molecule has 1 fully saturated rings. The average Bonchev–Trinajstić information content (AvgIpc) is 3.07. The molecular weight excluding hydrogens is 356 g/mol. The van der Waals surface area contributed by atoms with Gasteiger partial charge in [0, 0.05) is 19.5 Å². The van der Waals surface area contributed by atoms with E-state index < -0.39 is 0 Å². The highest BCUT2D eigenvalue weighted by atomic mass is 16.5. The molecule has 0 bridgehead atoms. The minimum absolute atomic E-state index is 0.0194. The monoisotopic (exact) mass is 382 g/mol. The summed E-state index contributed by atoms with van der Waals surface area (Å²) in [5.41, 5.74) is 2.26. The summed E-state index contributed by atoms with van der Waals surface area (Å²) in [7, 11) is 1.59. The van der Waals surface area contributed by atoms with Crippen molar-refractivity contribution < 1.29 is 19.1 Å². The van der Waals surface area contributed by atoms with Gasteiger partial charge in [-0.1, -0.05) is 42.0 Å². The van der Waals surface area contributed by atoms with Crippen molar-refractivity contribution >= 4 is 11.8 Å². The second kappa shape index (κ2) is 9.26. The van der Waals surface area contributed by atoms with Crippen LogP contribution in [-0.4, -0.2) is 43.5 Å². The fourth-order valence-electron chi connectivity index (χ4n) is 3.23. The smallest absolute Gasteiger partial charge is 0.225 e. The number of nitrogens with zero attached hydrogens (tertiary/aromatic N) is 1. The zero-order valence-electron chi connectivity index (χ0n) is 16.3. The Hall–Kier alpha value is -3.02. The van der Waals surface area contributed by atoms with E-state index in [0.29, 0.717) is 37.7 Å². The van der Waals surface area contributed by atoms with Crippen LogP contribution in [0.15, 0.2) is 48.5 Å². The third kappa shape index (κ3) is 5.03. The van der Waals surface area contributed by atoms with E-state index >= 15 is 0 Å². The van der Waals surface area contributed by atoms with Crippen molar-refractivity contribution in [2.24, 2.45) is 5.92 Å². The van der Waals surface area contributed by atoms with Gasteiger partial charge in [-0.05, 0) is 24.6 Å². The van der Waals surface area contributed by atoms with Gasteiger partial charge in [-0.2, -0.15) is 0 Å². The molecule has 1 saturated heterocycles. The summed E-state index contributed by atoms with van der Waals surface area (Å²) in [6, 6.07) is 15.5. The highest BCUT2D eigenvalue weighted by Crippen LogP contribution is 2.25. The lowest BCUT2D eigenvalue weighted by Crippen LogP contribution is -2.35. The fourth-order valence-corrected chi connectivity index (χ4v) is 3.23. The molecule has 0 saturated carbocycles. The molecule has 0 unspecified atom stereocenters. The third-order valence-corrected chi connectivity index (χ3v) is 4.81. The number of likely N-dealkylation sites (tertiary alicyclic amines) is 1. The topological polar surface area (TPSA) is 67.9 Å². The van der Waals surface area contributed by atoms with E-state index in [9.17, 15) is 9.59 Å². The van der Waals surface area contributed by atoms with Crippen LogP contribution in [0.2, 0.25) is 0 Å². The van der Waals surface area contributed by atoms with Crippen molar-refractivity contribution in [1.82, 2.24) is 10.2 Å². The van der Waals surface area contributed by atoms with Crippen molar-refractivity contribution in [3.05, 3.63) is 59.7 Å². The highest BCUT2D eigenvalue weighted by Gasteiger charge is 2.34. The molecule has 0 spiro atoms. The Morgan fingerprint density at radius 2 is 1.86 bits per heavy atom. The molecule has 6 nitrogen and oxygen atoms in total. The number of carbonyl (C=O) groups is 2. The highest BCUT2D eigenvalue weighted by molar-refractivity contribution is 5.89. The summed E-state index contributed by atoms with van der Waals surface area (Å²) in [5.74, 6) is 0.889. The minimum atomic E-state index is -0.316. The first-order valence-electron chi connectivity index (χ1n) is 9.43. The van der Waals surface area contributed by atoms with Gasteiger partial charge in [-0.15, -0.1) is 0 Å². The first-order chi connectivity index (χ1) is 13.6. The summed E-state index contributed by atoms with van der Waals surface area (Å²) in [5, 5.41) is 2.86. The molecule has 1 heterocycles. The van der Waals surface area contributed by atoms with Crippen LogP contribution in [-0.2, 0) is 16.1 Å². The molecular formula is C22H26N2O4. The van der Waals surface area contributed by atoms with Gasteiger partial charge in [0.05, 0.1) is 19.6 Å². The summed E-state index contributed by atoms with van der Waals surface area (Å²) < 4.78 is 10.9. The van der Waals surface area contributed by atoms with Gasteiger partial charge in [0.15, 0.2) is 11.5 Å². The molecule has 28 heavy (non-hydrogen) atoms. The Morgan fingerprint density at radius 3 is 2.57 bits per heavy atom. The molecule has 2 aromatic carbocycles. The molecule has 0 radical (unpaired) electrons. The van der Waals surface area contributed by atoms with Gasteiger partial charge in [-0.25, -0.2) is 0 Å². The van der Waals surface area contributed by atoms with Crippen molar-refractivity contribution in [1.29, 1.82) is 0 Å². The lowest BCUT2D eigenvalue weighted by molar-refractivity contribution is -0.129. The standard InChI is InChI=1S/C22H26N2O4/c1-16-7-9-17(10-8-16)14-24-15-18(13-21(24)25)22(26)23-11-12-28-20-6-4-3-5-19(20)27-2/h3-10,18H,11-15H2,1-2H3,(H,23,26)/t18-/m1/s1. The summed E-state index contributed by atoms with van der Waals surface area (Å²) >= 11 is 0. The molecule has 1 N–H and O–H groups in total. The number of hydrogen-bond donors (Lipinski definition) is 1. The Balaban J connectivity index is 1.43. The number of carbonyl (C=O) groups excluding carboxylic acids is 2. The number of methoxy groups -OCH3 is 1. The molecule has 0 aliphatic carbocycles. The number of para-hydroxylation sites is 2. The largest absolute Gasteiger partial charge is 0.493 e. The van der Waals surface area contributed by atoms with Crippen LogP contribution in [0.5, 0.6) is 11.5 Å². The van der Waals surface area contributed by atoms with E-state index in [4.69, 9.17) is 9.47 Å². The Morgan fingerprint density at radius 1 is 1.14 bits per heavy atom. The predicted octanol–water partition coefficient (Wildman–Crippen LogP) is 2.55. The summed E-state index contributed by atoms with van der Waals surface area (Å²) in [6.07, 6.45) is 0.255. The summed E-state index contributed by atoms with van der Waals surface area (Å²) in [6.45, 7) is 3.73. The average molecular weight is 382 g/mol. The molecule has 148 valence electrons. The quantitative estimate of drug-likeness (QED) is 0.713. The van der Waals surface area contributed by atoms with Crippen LogP contribution in [0.3, 0.4) is 0 Å². The van der Waals surface area contributed by atoms with Crippen LogP contribution < -0.4 is 14.8 Å². The van der Waals surface area contributed by atoms with E-state index in [1.807, 2.05) is 55.5 Å². The second-order valence-corrected chi connectivity index (χ2v) is 6.95. The van der Waals surface area contributed by atoms with E-state index in [1.165, 1.54) is 5.56 Å². The lowest BCUT2D eigenvalue weighted by atomic mass is 10.1. The second-order valence-electron chi connectivity index (χ2n) is 6.95. The molecule has 0 aromatic heterocycles. The van der Waals surface area contributed by atoms with Crippen LogP contribution >= 0.6 is 0 Å². The summed E-state index contributed by atoms with van der Waals surface area (Å²) in [4.78, 5) is 26.4. The van der Waals surface area contributed by atoms with Gasteiger partial charge in [0.25, 0.3) is 0 Å². The van der Waals surface area contributed by atoms with Crippen LogP contribution in [0, 0.1) is 12.8 Å². The maximum absolute atomic E-state index is 12.4. The molecule has 2 amide bonds. The van der Waals surface area contributed by atoms with Crippen LogP contribution in [0.1, 0.15) is 17.5 Å². The zero-order chi connectivity index (χ0) is 19.9. The van der Waals surface area contributed by atoms with Crippen molar-refractivity contribution in [3.63, 3.8) is 0 Å². The van der Waals surface area contributed by atoms with Crippen molar-refractivity contribution in [2.45, 2.75) is 19.9 Å². The third-order valence-electron chi connectivity index (χ3n) is 4.81. The van der Waals surface area contributed by atoms with Gasteiger partial charge in [-0.3, -0.25) is 9.59 Å². The number of nitrogens with one attached hydrogen (secondary N) is 1. The van der Waals surface area contributed by atoms with Gasteiger partial charge < -0.3 is 19.7 Å². The minimum Gasteiger partial charge on any atom is -0.493 e. The Labute approximate surface area is 165 Å². The van der Waals surface area contributed by atoms with Gasteiger partial charge >= 0.3 is 0 Å². The van der Waals surface area contributed by atoms with E-state index in [1.54, 1.807) is 12.0 Å². The number of aryl methyl sites for hydroxylation is 1. The van der Waals surface area contributed by atoms with E-state index in [-0.39, 0.29) is 24.2 Å². The zero-order valence-corrected chi connectivity index (χ0v) is 16.3. The fraction of sp³-hybridized carbons (Fsp3) is 0.364. The Bertz CT molecular complexity index is 820. The normalized spacial score (nSPS) is 16.1. The van der Waals surface area contributed by atoms with Gasteiger partial charge in [0.2, 0.25) is 11.8 Å². The first kappa shape index (κ1) is 19.7. The SMILES string of the molecule is COc1ccccc1OCCNC(=O)[C@@H]1CC(=O)N(Cc2ccc(C)cc2)C1. The molecule has 2 aromatic rings. The number of hydrogen-bond acceptors (Lipinski definition) is 4.